The van der Waals surface area contributed by atoms with Gasteiger partial charge in [-0.05, 0) is 26.2 Å². The third kappa shape index (κ3) is 6.91. The first-order valence-electron chi connectivity index (χ1n) is 5.29. The lowest BCUT2D eigenvalue weighted by Gasteiger charge is -2.13. The van der Waals surface area contributed by atoms with Gasteiger partial charge in [-0.2, -0.15) is 0 Å². The highest BCUT2D eigenvalue weighted by molar-refractivity contribution is 5.78. The number of rotatable bonds is 8. The van der Waals surface area contributed by atoms with Crippen LogP contribution < -0.4 is 5.32 Å². The molecule has 1 atom stereocenters. The van der Waals surface area contributed by atoms with Gasteiger partial charge in [0, 0.05) is 12.5 Å². The molecule has 0 aliphatic carbocycles. The van der Waals surface area contributed by atoms with Gasteiger partial charge in [0.05, 0.1) is 6.10 Å². The number of carbonyl (C=O) groups is 1. The zero-order valence-electron chi connectivity index (χ0n) is 9.41. The molecule has 0 heterocycles. The van der Waals surface area contributed by atoms with E-state index in [4.69, 9.17) is 5.11 Å². The highest BCUT2D eigenvalue weighted by atomic mass is 16.3. The average molecular weight is 211 g/mol. The van der Waals surface area contributed by atoms with Gasteiger partial charge >= 0.3 is 0 Å². The van der Waals surface area contributed by atoms with Crippen molar-refractivity contribution < 1.29 is 9.90 Å². The van der Waals surface area contributed by atoms with E-state index >= 15 is 0 Å². The summed E-state index contributed by atoms with van der Waals surface area (Å²) in [7, 11) is 0. The molecule has 0 fully saturated rings. The Balaban J connectivity index is 3.90. The Bertz CT molecular complexity index is 202. The fourth-order valence-electron chi connectivity index (χ4n) is 1.26. The maximum atomic E-state index is 11.6. The van der Waals surface area contributed by atoms with E-state index in [0.717, 1.165) is 0 Å². The number of hydrogen-bond acceptors (Lipinski definition) is 2. The molecule has 3 heteroatoms. The summed E-state index contributed by atoms with van der Waals surface area (Å²) in [4.78, 5) is 11.6. The molecule has 0 aromatic carbocycles. The fraction of sp³-hybridized carbons (Fsp3) is 0.583. The molecule has 0 saturated carbocycles. The van der Waals surface area contributed by atoms with Crippen molar-refractivity contribution in [1.29, 1.82) is 0 Å². The number of amides is 1. The van der Waals surface area contributed by atoms with Gasteiger partial charge in [-0.25, -0.2) is 0 Å². The minimum absolute atomic E-state index is 0.00968. The molecule has 2 N–H and O–H groups in total. The molecule has 15 heavy (non-hydrogen) atoms. The van der Waals surface area contributed by atoms with Gasteiger partial charge in [0.15, 0.2) is 0 Å². The van der Waals surface area contributed by atoms with Crippen LogP contribution in [0.3, 0.4) is 0 Å². The Labute approximate surface area is 91.9 Å². The van der Waals surface area contributed by atoms with E-state index in [0.29, 0.717) is 25.8 Å². The summed E-state index contributed by atoms with van der Waals surface area (Å²) in [6.07, 6.45) is 5.01. The predicted molar refractivity (Wildman–Crippen MR) is 62.4 cm³/mol. The third-order valence-corrected chi connectivity index (χ3v) is 2.13. The number of nitrogens with one attached hydrogen (secondary N) is 1. The molecule has 1 amide bonds. The lowest BCUT2D eigenvalue weighted by atomic mass is 10.0. The van der Waals surface area contributed by atoms with Gasteiger partial charge in [0.1, 0.15) is 0 Å². The lowest BCUT2D eigenvalue weighted by molar-refractivity contribution is -0.124. The number of aliphatic hydroxyl groups excluding tert-OH is 1. The first-order valence-corrected chi connectivity index (χ1v) is 5.29. The van der Waals surface area contributed by atoms with Crippen LogP contribution in [0.2, 0.25) is 0 Å². The predicted octanol–water partition coefficient (Wildman–Crippen LogP) is 1.64. The minimum atomic E-state index is -0.373. The van der Waals surface area contributed by atoms with Crippen LogP contribution in [0, 0.1) is 5.92 Å². The molecular formula is C12H21NO2. The van der Waals surface area contributed by atoms with E-state index in [9.17, 15) is 4.79 Å². The van der Waals surface area contributed by atoms with Crippen molar-refractivity contribution in [1.82, 2.24) is 5.32 Å². The molecule has 0 aromatic rings. The summed E-state index contributed by atoms with van der Waals surface area (Å²) in [5.74, 6) is -0.0653. The molecule has 0 aromatic heterocycles. The van der Waals surface area contributed by atoms with Crippen LogP contribution in [0.1, 0.15) is 26.2 Å². The Hall–Kier alpha value is -1.09. The summed E-state index contributed by atoms with van der Waals surface area (Å²) in [6, 6.07) is 0. The molecule has 0 aliphatic heterocycles. The van der Waals surface area contributed by atoms with Crippen molar-refractivity contribution in [3.8, 4) is 0 Å². The summed E-state index contributed by atoms with van der Waals surface area (Å²) >= 11 is 0. The van der Waals surface area contributed by atoms with Gasteiger partial charge < -0.3 is 10.4 Å². The second-order valence-electron chi connectivity index (χ2n) is 3.67. The van der Waals surface area contributed by atoms with Gasteiger partial charge in [-0.15, -0.1) is 13.2 Å². The first-order chi connectivity index (χ1) is 7.11. The summed E-state index contributed by atoms with van der Waals surface area (Å²) in [5.41, 5.74) is 0. The monoisotopic (exact) mass is 211 g/mol. The molecule has 1 unspecified atom stereocenters. The van der Waals surface area contributed by atoms with E-state index in [1.54, 1.807) is 19.1 Å². The molecule has 0 saturated heterocycles. The Morgan fingerprint density at radius 1 is 1.40 bits per heavy atom. The van der Waals surface area contributed by atoms with E-state index in [1.807, 2.05) is 0 Å². The Morgan fingerprint density at radius 3 is 2.33 bits per heavy atom. The molecule has 0 aliphatic rings. The van der Waals surface area contributed by atoms with Crippen LogP contribution in [0.5, 0.6) is 0 Å². The zero-order valence-corrected chi connectivity index (χ0v) is 9.41. The van der Waals surface area contributed by atoms with Crippen LogP contribution >= 0.6 is 0 Å². The number of allylic oxidation sites excluding steroid dienone is 2. The van der Waals surface area contributed by atoms with Crippen LogP contribution in [0.25, 0.3) is 0 Å². The summed E-state index contributed by atoms with van der Waals surface area (Å²) < 4.78 is 0. The second kappa shape index (κ2) is 8.24. The van der Waals surface area contributed by atoms with Crippen molar-refractivity contribution in [3.63, 3.8) is 0 Å². The standard InChI is InChI=1S/C12H21NO2/c1-4-6-11(7-5-2)12(15)13-9-8-10(3)14/h4-5,10-11,14H,1-2,6-9H2,3H3,(H,13,15). The number of hydrogen-bond donors (Lipinski definition) is 2. The van der Waals surface area contributed by atoms with E-state index in [1.165, 1.54) is 0 Å². The van der Waals surface area contributed by atoms with Gasteiger partial charge in [-0.1, -0.05) is 12.2 Å². The van der Waals surface area contributed by atoms with Crippen LogP contribution in [0.15, 0.2) is 25.3 Å². The highest BCUT2D eigenvalue weighted by Crippen LogP contribution is 2.09. The molecule has 0 rings (SSSR count). The molecule has 0 radical (unpaired) electrons. The van der Waals surface area contributed by atoms with Gasteiger partial charge in [0.25, 0.3) is 0 Å². The quantitative estimate of drug-likeness (QED) is 0.600. The van der Waals surface area contributed by atoms with Crippen LogP contribution in [-0.2, 0) is 4.79 Å². The molecular weight excluding hydrogens is 190 g/mol. The van der Waals surface area contributed by atoms with Crippen molar-refractivity contribution in [3.05, 3.63) is 25.3 Å². The molecule has 0 bridgehead atoms. The second-order valence-corrected chi connectivity index (χ2v) is 3.67. The average Bonchev–Trinajstić information content (AvgIpc) is 2.16. The number of aliphatic hydroxyl groups is 1. The maximum absolute atomic E-state index is 11.6. The fourth-order valence-corrected chi connectivity index (χ4v) is 1.26. The minimum Gasteiger partial charge on any atom is -0.393 e. The van der Waals surface area contributed by atoms with E-state index in [-0.39, 0.29) is 17.9 Å². The topological polar surface area (TPSA) is 49.3 Å². The largest absolute Gasteiger partial charge is 0.393 e. The smallest absolute Gasteiger partial charge is 0.223 e. The van der Waals surface area contributed by atoms with Gasteiger partial charge in [-0.3, -0.25) is 4.79 Å². The van der Waals surface area contributed by atoms with E-state index in [2.05, 4.69) is 18.5 Å². The van der Waals surface area contributed by atoms with Crippen LogP contribution in [0.4, 0.5) is 0 Å². The van der Waals surface area contributed by atoms with Crippen molar-refractivity contribution in [2.75, 3.05) is 6.54 Å². The van der Waals surface area contributed by atoms with E-state index < -0.39 is 0 Å². The van der Waals surface area contributed by atoms with Crippen molar-refractivity contribution in [2.45, 2.75) is 32.3 Å². The normalized spacial score (nSPS) is 12.2. The third-order valence-electron chi connectivity index (χ3n) is 2.13. The molecule has 86 valence electrons. The zero-order chi connectivity index (χ0) is 11.7. The molecule has 3 nitrogen and oxygen atoms in total. The van der Waals surface area contributed by atoms with Crippen molar-refractivity contribution >= 4 is 5.91 Å². The Kier molecular flexibility index (Phi) is 7.64. The van der Waals surface area contributed by atoms with Gasteiger partial charge in [0.2, 0.25) is 5.91 Å². The lowest BCUT2D eigenvalue weighted by Crippen LogP contribution is -2.32. The van der Waals surface area contributed by atoms with Crippen molar-refractivity contribution in [2.24, 2.45) is 5.92 Å². The summed E-state index contributed by atoms with van der Waals surface area (Å²) in [6.45, 7) is 9.46. The SMILES string of the molecule is C=CCC(CC=C)C(=O)NCCC(C)O. The van der Waals surface area contributed by atoms with Crippen LogP contribution in [-0.4, -0.2) is 23.7 Å². The maximum Gasteiger partial charge on any atom is 0.223 e. The first kappa shape index (κ1) is 13.9. The Morgan fingerprint density at radius 2 is 1.93 bits per heavy atom. The highest BCUT2D eigenvalue weighted by Gasteiger charge is 2.14. The number of carbonyl (C=O) groups excluding carboxylic acids is 1. The summed E-state index contributed by atoms with van der Waals surface area (Å²) in [5, 5.41) is 11.8. The molecule has 0 spiro atoms.